The van der Waals surface area contributed by atoms with E-state index in [2.05, 4.69) is 30.0 Å². The van der Waals surface area contributed by atoms with Gasteiger partial charge in [-0.1, -0.05) is 11.2 Å². The lowest BCUT2D eigenvalue weighted by Crippen LogP contribution is -2.41. The highest BCUT2D eigenvalue weighted by atomic mass is 16.5. The van der Waals surface area contributed by atoms with Crippen molar-refractivity contribution >= 4 is 5.91 Å². The molecule has 128 valence electrons. The van der Waals surface area contributed by atoms with Crippen molar-refractivity contribution in [2.75, 3.05) is 0 Å². The molecule has 1 aliphatic rings. The van der Waals surface area contributed by atoms with E-state index in [9.17, 15) is 4.79 Å². The molecule has 0 spiro atoms. The second-order valence-corrected chi connectivity index (χ2v) is 6.03. The lowest BCUT2D eigenvalue weighted by molar-refractivity contribution is -0.122. The topological polar surface area (TPSA) is 98.7 Å². The van der Waals surface area contributed by atoms with E-state index in [1.807, 2.05) is 24.4 Å². The molecule has 0 fully saturated rings. The molecule has 1 N–H and O–H groups in total. The van der Waals surface area contributed by atoms with E-state index in [-0.39, 0.29) is 11.9 Å². The van der Waals surface area contributed by atoms with Gasteiger partial charge in [0.25, 0.3) is 0 Å². The molecule has 3 aromatic rings. The second-order valence-electron chi connectivity index (χ2n) is 6.03. The lowest BCUT2D eigenvalue weighted by Gasteiger charge is -2.24. The highest BCUT2D eigenvalue weighted by Crippen LogP contribution is 2.14. The minimum Gasteiger partial charge on any atom is -0.352 e. The fraction of sp³-hybridized carbons (Fsp3) is 0.353. The molecule has 3 aromatic heterocycles. The van der Waals surface area contributed by atoms with Gasteiger partial charge in [0.2, 0.25) is 17.6 Å². The quantitative estimate of drug-likeness (QED) is 0.755. The molecule has 1 atom stereocenters. The van der Waals surface area contributed by atoms with Gasteiger partial charge in [-0.15, -0.1) is 0 Å². The summed E-state index contributed by atoms with van der Waals surface area (Å²) in [6, 6.07) is 5.64. The second kappa shape index (κ2) is 6.84. The first-order chi connectivity index (χ1) is 12.3. The van der Waals surface area contributed by atoms with Crippen LogP contribution < -0.4 is 5.32 Å². The number of fused-ring (bicyclic) bond motifs is 1. The third kappa shape index (κ3) is 3.57. The zero-order chi connectivity index (χ0) is 17.1. The smallest absolute Gasteiger partial charge is 0.227 e. The normalized spacial score (nSPS) is 16.4. The summed E-state index contributed by atoms with van der Waals surface area (Å²) in [5, 5.41) is 6.98. The maximum atomic E-state index is 12.2. The van der Waals surface area contributed by atoms with Crippen molar-refractivity contribution in [3.8, 4) is 11.5 Å². The van der Waals surface area contributed by atoms with Crippen LogP contribution >= 0.6 is 0 Å². The number of aryl methyl sites for hydroxylation is 2. The Hall–Kier alpha value is -3.03. The summed E-state index contributed by atoms with van der Waals surface area (Å²) in [5.74, 6) is 1.96. The number of amides is 1. The SMILES string of the molecule is O=C(CCc1nc(-c2ccccn2)no1)N[C@H]1CCc2nccn2C1. The summed E-state index contributed by atoms with van der Waals surface area (Å²) in [7, 11) is 0. The average Bonchev–Trinajstić information content (AvgIpc) is 3.30. The molecule has 0 radical (unpaired) electrons. The third-order valence-electron chi connectivity index (χ3n) is 4.23. The molecule has 4 rings (SSSR count). The van der Waals surface area contributed by atoms with Gasteiger partial charge in [0, 0.05) is 50.4 Å². The summed E-state index contributed by atoms with van der Waals surface area (Å²) < 4.78 is 7.29. The number of imidazole rings is 1. The summed E-state index contributed by atoms with van der Waals surface area (Å²) in [4.78, 5) is 24.9. The van der Waals surface area contributed by atoms with Crippen LogP contribution in [0, 0.1) is 0 Å². The van der Waals surface area contributed by atoms with Crippen LogP contribution in [0.2, 0.25) is 0 Å². The van der Waals surface area contributed by atoms with Gasteiger partial charge >= 0.3 is 0 Å². The molecule has 8 nitrogen and oxygen atoms in total. The Bertz CT molecular complexity index is 857. The van der Waals surface area contributed by atoms with E-state index in [1.54, 1.807) is 12.4 Å². The van der Waals surface area contributed by atoms with Crippen molar-refractivity contribution in [2.45, 2.75) is 38.3 Å². The van der Waals surface area contributed by atoms with Crippen LogP contribution in [0.1, 0.15) is 24.6 Å². The molecular formula is C17H18N6O2. The Balaban J connectivity index is 1.29. The highest BCUT2D eigenvalue weighted by Gasteiger charge is 2.20. The molecule has 8 heteroatoms. The molecule has 0 aliphatic carbocycles. The van der Waals surface area contributed by atoms with Crippen molar-refractivity contribution in [2.24, 2.45) is 0 Å². The Morgan fingerprint density at radius 2 is 2.28 bits per heavy atom. The Labute approximate surface area is 144 Å². The van der Waals surface area contributed by atoms with Gasteiger partial charge in [-0.05, 0) is 18.6 Å². The minimum atomic E-state index is -0.00819. The Kier molecular flexibility index (Phi) is 4.24. The predicted octanol–water partition coefficient (Wildman–Crippen LogP) is 1.39. The number of rotatable bonds is 5. The number of carbonyl (C=O) groups is 1. The maximum absolute atomic E-state index is 12.2. The molecule has 4 heterocycles. The summed E-state index contributed by atoms with van der Waals surface area (Å²) in [6.07, 6.45) is 7.95. The van der Waals surface area contributed by atoms with Crippen molar-refractivity contribution < 1.29 is 9.32 Å². The summed E-state index contributed by atoms with van der Waals surface area (Å²) in [5.41, 5.74) is 0.653. The first-order valence-corrected chi connectivity index (χ1v) is 8.31. The van der Waals surface area contributed by atoms with Crippen molar-refractivity contribution in [1.82, 2.24) is 30.0 Å². The van der Waals surface area contributed by atoms with Gasteiger partial charge in [0.05, 0.1) is 0 Å². The molecule has 0 saturated heterocycles. The highest BCUT2D eigenvalue weighted by molar-refractivity contribution is 5.76. The van der Waals surface area contributed by atoms with Crippen LogP contribution in [0.3, 0.4) is 0 Å². The number of nitrogens with one attached hydrogen (secondary N) is 1. The zero-order valence-electron chi connectivity index (χ0n) is 13.6. The largest absolute Gasteiger partial charge is 0.352 e. The summed E-state index contributed by atoms with van der Waals surface area (Å²) >= 11 is 0. The number of aromatic nitrogens is 5. The van der Waals surface area contributed by atoms with Gasteiger partial charge in [-0.3, -0.25) is 9.78 Å². The van der Waals surface area contributed by atoms with E-state index in [0.717, 1.165) is 25.2 Å². The summed E-state index contributed by atoms with van der Waals surface area (Å²) in [6.45, 7) is 0.769. The molecular weight excluding hydrogens is 320 g/mol. The minimum absolute atomic E-state index is 0.00819. The van der Waals surface area contributed by atoms with Crippen molar-refractivity contribution in [3.63, 3.8) is 0 Å². The monoisotopic (exact) mass is 338 g/mol. The van der Waals surface area contributed by atoms with E-state index in [0.29, 0.717) is 30.3 Å². The number of hydrogen-bond acceptors (Lipinski definition) is 6. The number of hydrogen-bond donors (Lipinski definition) is 1. The van der Waals surface area contributed by atoms with Crippen LogP contribution in [0.5, 0.6) is 0 Å². The van der Waals surface area contributed by atoms with Gasteiger partial charge in [-0.2, -0.15) is 4.98 Å². The molecule has 25 heavy (non-hydrogen) atoms. The first kappa shape index (κ1) is 15.5. The Morgan fingerprint density at radius 3 is 3.16 bits per heavy atom. The lowest BCUT2D eigenvalue weighted by atomic mass is 10.1. The van der Waals surface area contributed by atoms with Crippen LogP contribution in [0.25, 0.3) is 11.5 Å². The van der Waals surface area contributed by atoms with E-state index >= 15 is 0 Å². The number of pyridine rings is 1. The van der Waals surface area contributed by atoms with Crippen LogP contribution in [-0.4, -0.2) is 36.6 Å². The molecule has 0 bridgehead atoms. The zero-order valence-corrected chi connectivity index (χ0v) is 13.6. The van der Waals surface area contributed by atoms with E-state index in [1.165, 1.54) is 0 Å². The molecule has 0 saturated carbocycles. The Morgan fingerprint density at radius 1 is 1.32 bits per heavy atom. The van der Waals surface area contributed by atoms with Gasteiger partial charge in [0.1, 0.15) is 11.5 Å². The number of carbonyl (C=O) groups excluding carboxylic acids is 1. The van der Waals surface area contributed by atoms with Gasteiger partial charge in [-0.25, -0.2) is 4.98 Å². The molecule has 0 aromatic carbocycles. The van der Waals surface area contributed by atoms with Crippen LogP contribution in [-0.2, 0) is 24.2 Å². The van der Waals surface area contributed by atoms with Crippen LogP contribution in [0.15, 0.2) is 41.3 Å². The molecule has 1 amide bonds. The number of nitrogens with zero attached hydrogens (tertiary/aromatic N) is 5. The van der Waals surface area contributed by atoms with Crippen LogP contribution in [0.4, 0.5) is 0 Å². The average molecular weight is 338 g/mol. The first-order valence-electron chi connectivity index (χ1n) is 8.31. The predicted molar refractivity (Wildman–Crippen MR) is 88.3 cm³/mol. The fourth-order valence-corrected chi connectivity index (χ4v) is 2.96. The standard InChI is InChI=1S/C17H18N6O2/c24-15(20-12-4-5-14-19-9-10-23(14)11-12)6-7-16-21-17(22-25-16)13-3-1-2-8-18-13/h1-3,8-10,12H,4-7,11H2,(H,20,24)/t12-/m0/s1. The fourth-order valence-electron chi connectivity index (χ4n) is 2.96. The van der Waals surface area contributed by atoms with Crippen molar-refractivity contribution in [1.29, 1.82) is 0 Å². The van der Waals surface area contributed by atoms with E-state index in [4.69, 9.17) is 4.52 Å². The maximum Gasteiger partial charge on any atom is 0.227 e. The third-order valence-corrected chi connectivity index (χ3v) is 4.23. The molecule has 1 aliphatic heterocycles. The van der Waals surface area contributed by atoms with Gasteiger partial charge < -0.3 is 14.4 Å². The van der Waals surface area contributed by atoms with Gasteiger partial charge in [0.15, 0.2) is 0 Å². The molecule has 0 unspecified atom stereocenters. The van der Waals surface area contributed by atoms with Crippen molar-refractivity contribution in [3.05, 3.63) is 48.5 Å². The van der Waals surface area contributed by atoms with E-state index < -0.39 is 0 Å².